The number of ketones is 1. The van der Waals surface area contributed by atoms with Crippen molar-refractivity contribution < 1.29 is 39.0 Å². The van der Waals surface area contributed by atoms with Crippen LogP contribution < -0.4 is 16.0 Å². The van der Waals surface area contributed by atoms with Crippen LogP contribution in [0.2, 0.25) is 0 Å². The number of rotatable bonds is 9. The first-order valence-electron chi connectivity index (χ1n) is 11.2. The first kappa shape index (κ1) is 26.0. The number of imide groups is 1. The van der Waals surface area contributed by atoms with E-state index in [9.17, 15) is 33.9 Å². The summed E-state index contributed by atoms with van der Waals surface area (Å²) >= 11 is 0. The number of Topliss-reactive ketones (excluding diaryl/α,β-unsaturated/α-hetero) is 1. The van der Waals surface area contributed by atoms with Crippen LogP contribution in [0.4, 0.5) is 5.69 Å². The predicted molar refractivity (Wildman–Crippen MR) is 121 cm³/mol. The zero-order valence-corrected chi connectivity index (χ0v) is 19.2. The van der Waals surface area contributed by atoms with E-state index in [1.165, 1.54) is 24.3 Å². The number of benzene rings is 1. The van der Waals surface area contributed by atoms with Crippen LogP contribution in [0, 0.1) is 11.8 Å². The number of para-hydroxylation sites is 1. The normalized spacial score (nSPS) is 21.3. The number of amides is 3. The van der Waals surface area contributed by atoms with E-state index < -0.39 is 59.5 Å². The Balaban J connectivity index is 2.19. The van der Waals surface area contributed by atoms with Crippen molar-refractivity contribution in [2.45, 2.75) is 44.3 Å². The van der Waals surface area contributed by atoms with Gasteiger partial charge in [-0.1, -0.05) is 18.2 Å². The zero-order valence-electron chi connectivity index (χ0n) is 19.2. The number of carbonyl (C=O) groups excluding carboxylic acids is 4. The lowest BCUT2D eigenvalue weighted by Crippen LogP contribution is -2.74. The SMILES string of the molecule is CC(=O)[C@](C(=O)O)(N1C(=O)CC(C2CCNCC2)C1=O)N(C(=O)[C@@H](N)CC(=O)O)c1ccccc1. The highest BCUT2D eigenvalue weighted by molar-refractivity contribution is 6.23. The van der Waals surface area contributed by atoms with E-state index in [-0.39, 0.29) is 18.0 Å². The van der Waals surface area contributed by atoms with Crippen molar-refractivity contribution in [2.24, 2.45) is 17.6 Å². The lowest BCUT2D eigenvalue weighted by Gasteiger charge is -2.44. The van der Waals surface area contributed by atoms with Crippen molar-refractivity contribution in [2.75, 3.05) is 18.0 Å². The van der Waals surface area contributed by atoms with Gasteiger partial charge in [-0.3, -0.25) is 28.9 Å². The fourth-order valence-corrected chi connectivity index (χ4v) is 4.86. The number of nitrogens with one attached hydrogen (secondary N) is 1. The first-order chi connectivity index (χ1) is 16.5. The molecule has 0 spiro atoms. The molecule has 2 fully saturated rings. The number of piperidine rings is 1. The molecule has 3 amide bonds. The van der Waals surface area contributed by atoms with E-state index in [2.05, 4.69) is 5.32 Å². The predicted octanol–water partition coefficient (Wildman–Crippen LogP) is -0.434. The molecule has 3 rings (SSSR count). The van der Waals surface area contributed by atoms with Gasteiger partial charge in [0.05, 0.1) is 18.4 Å². The third-order valence-electron chi connectivity index (χ3n) is 6.52. The van der Waals surface area contributed by atoms with Gasteiger partial charge >= 0.3 is 11.9 Å². The number of aliphatic carboxylic acids is 2. The summed E-state index contributed by atoms with van der Waals surface area (Å²) < 4.78 is 0. The van der Waals surface area contributed by atoms with Gasteiger partial charge in [-0.15, -0.1) is 0 Å². The van der Waals surface area contributed by atoms with E-state index in [1.54, 1.807) is 6.07 Å². The van der Waals surface area contributed by atoms with Crippen molar-refractivity contribution in [3.05, 3.63) is 30.3 Å². The summed E-state index contributed by atoms with van der Waals surface area (Å²) in [7, 11) is 0. The molecule has 1 unspecified atom stereocenters. The highest BCUT2D eigenvalue weighted by Crippen LogP contribution is 2.39. The van der Waals surface area contributed by atoms with Crippen molar-refractivity contribution in [1.82, 2.24) is 10.2 Å². The molecule has 0 bridgehead atoms. The molecule has 3 atom stereocenters. The Hall–Kier alpha value is -3.64. The Kier molecular flexibility index (Phi) is 7.66. The van der Waals surface area contributed by atoms with Crippen LogP contribution >= 0.6 is 0 Å². The molecular weight excluding hydrogens is 460 g/mol. The number of carboxylic acids is 2. The summed E-state index contributed by atoms with van der Waals surface area (Å²) in [5.74, 6) is -8.59. The fourth-order valence-electron chi connectivity index (χ4n) is 4.86. The highest BCUT2D eigenvalue weighted by Gasteiger charge is 2.64. The second-order valence-electron chi connectivity index (χ2n) is 8.71. The van der Waals surface area contributed by atoms with Crippen molar-refractivity contribution in [3.63, 3.8) is 0 Å². The quantitative estimate of drug-likeness (QED) is 0.262. The molecule has 0 aliphatic carbocycles. The minimum atomic E-state index is -3.08. The molecule has 2 heterocycles. The van der Waals surface area contributed by atoms with Gasteiger partial charge in [-0.25, -0.2) is 9.69 Å². The molecule has 0 saturated carbocycles. The number of likely N-dealkylation sites (tertiary alicyclic amines) is 1. The van der Waals surface area contributed by atoms with E-state index in [0.29, 0.717) is 35.7 Å². The molecule has 1 aromatic carbocycles. The van der Waals surface area contributed by atoms with Gasteiger partial charge in [-0.2, -0.15) is 0 Å². The van der Waals surface area contributed by atoms with E-state index >= 15 is 0 Å². The molecule has 0 aromatic heterocycles. The van der Waals surface area contributed by atoms with E-state index in [1.807, 2.05) is 0 Å². The largest absolute Gasteiger partial charge is 0.481 e. The van der Waals surface area contributed by atoms with Crippen molar-refractivity contribution in [3.8, 4) is 0 Å². The van der Waals surface area contributed by atoms with Gasteiger partial charge in [0.1, 0.15) is 0 Å². The molecular formula is C23H28N4O8. The molecule has 188 valence electrons. The van der Waals surface area contributed by atoms with Crippen LogP contribution in [0.25, 0.3) is 0 Å². The fraction of sp³-hybridized carbons (Fsp3) is 0.478. The second kappa shape index (κ2) is 10.3. The standard InChI is InChI=1S/C23H28N4O8/c1-13(28)23(22(34)35,27-18(29)11-16(20(27)32)14-7-9-25-10-8-14)26(15-5-3-2-4-6-15)21(33)17(24)12-19(30)31/h2-6,14,16-17,25H,7-12,24H2,1H3,(H,30,31)(H,34,35)/t16?,17-,23+/m0/s1. The van der Waals surface area contributed by atoms with Gasteiger partial charge in [0, 0.05) is 12.1 Å². The first-order valence-corrected chi connectivity index (χ1v) is 11.2. The monoisotopic (exact) mass is 488 g/mol. The van der Waals surface area contributed by atoms with Gasteiger partial charge in [-0.05, 0) is 50.9 Å². The average molecular weight is 488 g/mol. The van der Waals surface area contributed by atoms with Gasteiger partial charge < -0.3 is 21.3 Å². The Labute approximate surface area is 201 Å². The average Bonchev–Trinajstić information content (AvgIpc) is 3.11. The topological polar surface area (TPSA) is 187 Å². The molecule has 2 aliphatic rings. The lowest BCUT2D eigenvalue weighted by molar-refractivity contribution is -0.169. The number of carbonyl (C=O) groups is 6. The zero-order chi connectivity index (χ0) is 25.9. The summed E-state index contributed by atoms with van der Waals surface area (Å²) in [4.78, 5) is 78.3. The Morgan fingerprint density at radius 1 is 1.14 bits per heavy atom. The van der Waals surface area contributed by atoms with Crippen LogP contribution in [-0.4, -0.2) is 75.4 Å². The number of hydrogen-bond donors (Lipinski definition) is 4. The summed E-state index contributed by atoms with van der Waals surface area (Å²) in [6.45, 7) is 2.11. The molecule has 12 heteroatoms. The maximum Gasteiger partial charge on any atom is 0.360 e. The number of hydrogen-bond acceptors (Lipinski definition) is 8. The molecule has 5 N–H and O–H groups in total. The van der Waals surface area contributed by atoms with E-state index in [0.717, 1.165) is 6.92 Å². The number of carboxylic acid groups (broad SMARTS) is 2. The summed E-state index contributed by atoms with van der Waals surface area (Å²) in [5, 5.41) is 22.7. The number of anilines is 1. The third-order valence-corrected chi connectivity index (χ3v) is 6.52. The van der Waals surface area contributed by atoms with Crippen LogP contribution in [0.5, 0.6) is 0 Å². The Morgan fingerprint density at radius 2 is 1.74 bits per heavy atom. The van der Waals surface area contributed by atoms with Crippen LogP contribution in [0.3, 0.4) is 0 Å². The summed E-state index contributed by atoms with van der Waals surface area (Å²) in [5.41, 5.74) is 2.58. The smallest absolute Gasteiger partial charge is 0.360 e. The van der Waals surface area contributed by atoms with Gasteiger partial charge in [0.15, 0.2) is 5.78 Å². The molecule has 2 saturated heterocycles. The molecule has 35 heavy (non-hydrogen) atoms. The van der Waals surface area contributed by atoms with Crippen molar-refractivity contribution >= 4 is 41.1 Å². The highest BCUT2D eigenvalue weighted by atomic mass is 16.4. The molecule has 12 nitrogen and oxygen atoms in total. The van der Waals surface area contributed by atoms with Crippen LogP contribution in [0.1, 0.15) is 32.6 Å². The van der Waals surface area contributed by atoms with Gasteiger partial charge in [0.2, 0.25) is 17.7 Å². The maximum absolute atomic E-state index is 13.6. The molecule has 2 aliphatic heterocycles. The van der Waals surface area contributed by atoms with E-state index in [4.69, 9.17) is 10.8 Å². The summed E-state index contributed by atoms with van der Waals surface area (Å²) in [6.07, 6.45) is 0.00411. The van der Waals surface area contributed by atoms with Crippen molar-refractivity contribution in [1.29, 1.82) is 0 Å². The Morgan fingerprint density at radius 3 is 2.26 bits per heavy atom. The minimum Gasteiger partial charge on any atom is -0.481 e. The summed E-state index contributed by atoms with van der Waals surface area (Å²) in [6, 6.07) is 5.34. The maximum atomic E-state index is 13.6. The number of nitrogens with zero attached hydrogens (tertiary/aromatic N) is 2. The van der Waals surface area contributed by atoms with Gasteiger partial charge in [0.25, 0.3) is 5.66 Å². The molecule has 1 aromatic rings. The van der Waals surface area contributed by atoms with Crippen LogP contribution in [-0.2, 0) is 28.8 Å². The lowest BCUT2D eigenvalue weighted by atomic mass is 9.83. The number of nitrogens with two attached hydrogens (primary N) is 1. The minimum absolute atomic E-state index is 0.137. The Bertz CT molecular complexity index is 1020. The second-order valence-corrected chi connectivity index (χ2v) is 8.71. The molecule has 0 radical (unpaired) electrons. The van der Waals surface area contributed by atoms with Crippen LogP contribution in [0.15, 0.2) is 30.3 Å². The third kappa shape index (κ3) is 4.66.